The minimum absolute atomic E-state index is 0.183. The van der Waals surface area contributed by atoms with Gasteiger partial charge in [-0.1, -0.05) is 31.7 Å². The normalized spacial score (nSPS) is 16.2. The Kier molecular flexibility index (Phi) is 5.69. The van der Waals surface area contributed by atoms with Crippen LogP contribution < -0.4 is 16.0 Å². The molecule has 0 saturated heterocycles. The van der Waals surface area contributed by atoms with Crippen LogP contribution in [0.15, 0.2) is 77.8 Å². The Morgan fingerprint density at radius 3 is 2.88 bits per heavy atom. The Bertz CT molecular complexity index is 823. The van der Waals surface area contributed by atoms with Gasteiger partial charge in [-0.15, -0.1) is 0 Å². The van der Waals surface area contributed by atoms with Gasteiger partial charge in [-0.2, -0.15) is 0 Å². The van der Waals surface area contributed by atoms with Crippen molar-refractivity contribution in [2.45, 2.75) is 26.4 Å². The highest BCUT2D eigenvalue weighted by atomic mass is 15.2. The zero-order valence-electron chi connectivity index (χ0n) is 15.3. The first-order chi connectivity index (χ1) is 12.7. The van der Waals surface area contributed by atoms with Crippen molar-refractivity contribution in [1.29, 1.82) is 0 Å². The number of nitrogens with one attached hydrogen (secondary N) is 3. The topological polar surface area (TPSA) is 61.3 Å². The lowest BCUT2D eigenvalue weighted by Crippen LogP contribution is -2.30. The van der Waals surface area contributed by atoms with Crippen molar-refractivity contribution in [2.24, 2.45) is 4.99 Å². The molecule has 3 N–H and O–H groups in total. The van der Waals surface area contributed by atoms with Gasteiger partial charge < -0.3 is 16.0 Å². The van der Waals surface area contributed by atoms with Crippen molar-refractivity contribution in [3.63, 3.8) is 0 Å². The van der Waals surface area contributed by atoms with Gasteiger partial charge in [0.2, 0.25) is 0 Å². The molecule has 1 unspecified atom stereocenters. The third-order valence-corrected chi connectivity index (χ3v) is 4.06. The van der Waals surface area contributed by atoms with E-state index in [9.17, 15) is 0 Å². The number of hydrogen-bond acceptors (Lipinski definition) is 5. The molecule has 0 saturated carbocycles. The molecule has 0 spiro atoms. The van der Waals surface area contributed by atoms with Crippen molar-refractivity contribution in [2.75, 3.05) is 11.9 Å². The third kappa shape index (κ3) is 4.30. The van der Waals surface area contributed by atoms with E-state index in [1.807, 2.05) is 49.5 Å². The zero-order valence-corrected chi connectivity index (χ0v) is 15.3. The van der Waals surface area contributed by atoms with Gasteiger partial charge in [0.05, 0.1) is 0 Å². The molecule has 0 amide bonds. The summed E-state index contributed by atoms with van der Waals surface area (Å²) in [6, 6.07) is 12.1. The van der Waals surface area contributed by atoms with Crippen LogP contribution in [-0.4, -0.2) is 17.4 Å². The number of aromatic nitrogens is 1. The molecular weight excluding hydrogens is 322 g/mol. The quantitative estimate of drug-likeness (QED) is 0.692. The van der Waals surface area contributed by atoms with Gasteiger partial charge in [0, 0.05) is 47.1 Å². The summed E-state index contributed by atoms with van der Waals surface area (Å²) >= 11 is 0. The van der Waals surface area contributed by atoms with E-state index in [4.69, 9.17) is 4.99 Å². The highest BCUT2D eigenvalue weighted by molar-refractivity contribution is 6.05. The predicted molar refractivity (Wildman–Crippen MR) is 108 cm³/mol. The first kappa shape index (κ1) is 17.7. The summed E-state index contributed by atoms with van der Waals surface area (Å²) in [7, 11) is 0. The molecule has 1 aromatic heterocycles. The number of rotatable bonds is 6. The molecule has 134 valence electrons. The Labute approximate surface area is 155 Å². The molecule has 0 fully saturated rings. The number of fused-ring (bicyclic) bond motifs is 1. The third-order valence-electron chi connectivity index (χ3n) is 4.06. The Morgan fingerprint density at radius 2 is 2.12 bits per heavy atom. The van der Waals surface area contributed by atoms with Gasteiger partial charge >= 0.3 is 0 Å². The highest BCUT2D eigenvalue weighted by Gasteiger charge is 2.21. The summed E-state index contributed by atoms with van der Waals surface area (Å²) in [5.74, 6) is 0.803. The van der Waals surface area contributed by atoms with E-state index in [2.05, 4.69) is 40.5 Å². The molecular formula is C21H25N5. The van der Waals surface area contributed by atoms with Gasteiger partial charge in [-0.3, -0.25) is 4.98 Å². The number of allylic oxidation sites excluding steroid dienone is 2. The van der Waals surface area contributed by atoms with Crippen LogP contribution in [0.2, 0.25) is 0 Å². The van der Waals surface area contributed by atoms with Crippen molar-refractivity contribution in [3.05, 3.63) is 84.0 Å². The molecule has 5 nitrogen and oxygen atoms in total. The van der Waals surface area contributed by atoms with E-state index < -0.39 is 0 Å². The number of aliphatic imine (C=N–C) groups is 1. The van der Waals surface area contributed by atoms with E-state index in [1.54, 1.807) is 6.20 Å². The first-order valence-corrected chi connectivity index (χ1v) is 8.89. The fourth-order valence-electron chi connectivity index (χ4n) is 2.81. The molecule has 1 aliphatic rings. The molecule has 2 heterocycles. The molecule has 0 aliphatic carbocycles. The Balaban J connectivity index is 1.84. The van der Waals surface area contributed by atoms with Crippen LogP contribution in [0.5, 0.6) is 0 Å². The molecule has 1 atom stereocenters. The number of nitrogens with zero attached hydrogens (tertiary/aromatic N) is 2. The lowest BCUT2D eigenvalue weighted by atomic mass is 10.1. The molecule has 0 radical (unpaired) electrons. The largest absolute Gasteiger partial charge is 0.389 e. The van der Waals surface area contributed by atoms with Gasteiger partial charge in [0.1, 0.15) is 12.0 Å². The molecule has 5 heteroatoms. The van der Waals surface area contributed by atoms with E-state index in [1.165, 1.54) is 0 Å². The summed E-state index contributed by atoms with van der Waals surface area (Å²) in [6.45, 7) is 9.26. The average Bonchev–Trinajstić information content (AvgIpc) is 2.67. The van der Waals surface area contributed by atoms with Gasteiger partial charge in [0.15, 0.2) is 0 Å². The molecule has 0 bridgehead atoms. The van der Waals surface area contributed by atoms with Crippen LogP contribution in [0.4, 0.5) is 5.69 Å². The summed E-state index contributed by atoms with van der Waals surface area (Å²) in [5, 5.41) is 10.2. The van der Waals surface area contributed by atoms with E-state index in [0.29, 0.717) is 0 Å². The molecule has 3 rings (SSSR count). The van der Waals surface area contributed by atoms with E-state index in [-0.39, 0.29) is 6.17 Å². The second-order valence-corrected chi connectivity index (χ2v) is 6.26. The minimum atomic E-state index is -0.183. The Hall–Kier alpha value is -3.08. The van der Waals surface area contributed by atoms with E-state index in [0.717, 1.165) is 47.0 Å². The maximum Gasteiger partial charge on any atom is 0.148 e. The number of benzene rings is 1. The number of amidine groups is 1. The van der Waals surface area contributed by atoms with Crippen LogP contribution in [-0.2, 0) is 0 Å². The number of anilines is 1. The number of para-hydroxylation sites is 1. The molecule has 1 aliphatic heterocycles. The SMILES string of the molecule is C=C(/C=C(/C)NCCC)NC1=NC(c2cccnc2)Nc2ccccc21. The van der Waals surface area contributed by atoms with Crippen molar-refractivity contribution >= 4 is 11.5 Å². The lowest BCUT2D eigenvalue weighted by molar-refractivity contribution is 0.767. The van der Waals surface area contributed by atoms with Crippen molar-refractivity contribution in [1.82, 2.24) is 15.6 Å². The molecule has 1 aromatic carbocycles. The maximum absolute atomic E-state index is 4.85. The fraction of sp³-hybridized carbons (Fsp3) is 0.238. The lowest BCUT2D eigenvalue weighted by Gasteiger charge is -2.26. The van der Waals surface area contributed by atoms with Crippen LogP contribution in [0.3, 0.4) is 0 Å². The Morgan fingerprint density at radius 1 is 1.27 bits per heavy atom. The highest BCUT2D eigenvalue weighted by Crippen LogP contribution is 2.28. The summed E-state index contributed by atoms with van der Waals surface area (Å²) in [5.41, 5.74) is 4.96. The first-order valence-electron chi connectivity index (χ1n) is 8.89. The number of hydrogen-bond donors (Lipinski definition) is 3. The van der Waals surface area contributed by atoms with Gasteiger partial charge in [-0.05, 0) is 37.6 Å². The van der Waals surface area contributed by atoms with Crippen molar-refractivity contribution < 1.29 is 0 Å². The van der Waals surface area contributed by atoms with Crippen molar-refractivity contribution in [3.8, 4) is 0 Å². The molecule has 2 aromatic rings. The summed E-state index contributed by atoms with van der Waals surface area (Å²) in [4.78, 5) is 9.05. The second kappa shape index (κ2) is 8.34. The van der Waals surface area contributed by atoms with Crippen LogP contribution in [0.1, 0.15) is 37.6 Å². The standard InChI is InChI=1S/C21H25N5/c1-4-11-23-15(2)13-16(3)24-21-18-9-5-6-10-19(18)25-20(26-21)17-8-7-12-22-14-17/h5-10,12-14,20,23,25H,3-4,11H2,1-2H3,(H,24,26)/b15-13-. The summed E-state index contributed by atoms with van der Waals surface area (Å²) < 4.78 is 0. The predicted octanol–water partition coefficient (Wildman–Crippen LogP) is 3.96. The molecule has 26 heavy (non-hydrogen) atoms. The van der Waals surface area contributed by atoms with E-state index >= 15 is 0 Å². The van der Waals surface area contributed by atoms with Crippen LogP contribution in [0.25, 0.3) is 0 Å². The summed E-state index contributed by atoms with van der Waals surface area (Å²) in [6.07, 6.45) is 6.51. The van der Waals surface area contributed by atoms with Crippen LogP contribution in [0, 0.1) is 0 Å². The zero-order chi connectivity index (χ0) is 18.4. The van der Waals surface area contributed by atoms with Gasteiger partial charge in [0.25, 0.3) is 0 Å². The second-order valence-electron chi connectivity index (χ2n) is 6.26. The smallest absolute Gasteiger partial charge is 0.148 e. The fourth-order valence-corrected chi connectivity index (χ4v) is 2.81. The average molecular weight is 347 g/mol. The minimum Gasteiger partial charge on any atom is -0.389 e. The number of pyridine rings is 1. The monoisotopic (exact) mass is 347 g/mol. The maximum atomic E-state index is 4.85. The van der Waals surface area contributed by atoms with Gasteiger partial charge in [-0.25, -0.2) is 4.99 Å². The van der Waals surface area contributed by atoms with Crippen LogP contribution >= 0.6 is 0 Å².